The Labute approximate surface area is 124 Å². The zero-order valence-electron chi connectivity index (χ0n) is 11.5. The summed E-state index contributed by atoms with van der Waals surface area (Å²) in [5.41, 5.74) is -0.505. The molecule has 0 amide bonds. The van der Waals surface area contributed by atoms with Gasteiger partial charge in [0.15, 0.2) is 0 Å². The number of benzene rings is 2. The first-order valence-electron chi connectivity index (χ1n) is 6.35. The number of nitrogens with zero attached hydrogens (tertiary/aromatic N) is 1. The van der Waals surface area contributed by atoms with E-state index in [0.29, 0.717) is 5.56 Å². The van der Waals surface area contributed by atoms with Crippen molar-refractivity contribution in [1.29, 1.82) is 5.26 Å². The van der Waals surface area contributed by atoms with E-state index >= 15 is 0 Å². The zero-order valence-corrected chi connectivity index (χ0v) is 11.5. The number of ether oxygens (including phenoxy) is 1. The third-order valence-electron chi connectivity index (χ3n) is 3.10. The maximum atomic E-state index is 13.5. The molecule has 2 aromatic rings. The van der Waals surface area contributed by atoms with Crippen molar-refractivity contribution in [2.75, 3.05) is 0 Å². The fourth-order valence-corrected chi connectivity index (χ4v) is 1.91. The minimum absolute atomic E-state index is 0.0508. The predicted octanol–water partition coefficient (Wildman–Crippen LogP) is 4.86. The van der Waals surface area contributed by atoms with Crippen LogP contribution in [0.2, 0.25) is 0 Å². The van der Waals surface area contributed by atoms with Crippen LogP contribution in [0.5, 0.6) is 5.75 Å². The molecule has 0 aromatic heterocycles. The second kappa shape index (κ2) is 6.06. The number of nitriles is 1. The fraction of sp³-hybridized carbons (Fsp3) is 0.188. The Bertz CT molecular complexity index is 702. The van der Waals surface area contributed by atoms with Gasteiger partial charge in [-0.05, 0) is 36.8 Å². The van der Waals surface area contributed by atoms with Gasteiger partial charge >= 0.3 is 6.18 Å². The zero-order chi connectivity index (χ0) is 16.3. The number of rotatable bonds is 3. The number of halogens is 4. The molecule has 114 valence electrons. The van der Waals surface area contributed by atoms with Crippen LogP contribution in [0.25, 0.3) is 0 Å². The van der Waals surface area contributed by atoms with Gasteiger partial charge in [-0.3, -0.25) is 0 Å². The maximum absolute atomic E-state index is 13.5. The molecule has 0 bridgehead atoms. The Morgan fingerprint density at radius 3 is 2.27 bits per heavy atom. The first kappa shape index (κ1) is 15.8. The Kier molecular flexibility index (Phi) is 4.36. The highest BCUT2D eigenvalue weighted by Gasteiger charge is 2.30. The van der Waals surface area contributed by atoms with Crippen LogP contribution in [0.3, 0.4) is 0 Å². The molecule has 22 heavy (non-hydrogen) atoms. The summed E-state index contributed by atoms with van der Waals surface area (Å²) in [5.74, 6) is -0.658. The third-order valence-corrected chi connectivity index (χ3v) is 3.10. The van der Waals surface area contributed by atoms with Crippen molar-refractivity contribution in [2.45, 2.75) is 19.2 Å². The van der Waals surface area contributed by atoms with Gasteiger partial charge in [-0.25, -0.2) is 4.39 Å². The van der Waals surface area contributed by atoms with Crippen molar-refractivity contribution in [3.8, 4) is 11.8 Å². The lowest BCUT2D eigenvalue weighted by Crippen LogP contribution is -2.07. The average Bonchev–Trinajstić information content (AvgIpc) is 2.47. The Morgan fingerprint density at radius 2 is 1.73 bits per heavy atom. The Hall–Kier alpha value is -2.55. The van der Waals surface area contributed by atoms with E-state index in [1.165, 1.54) is 24.3 Å². The first-order valence-corrected chi connectivity index (χ1v) is 6.35. The van der Waals surface area contributed by atoms with Crippen molar-refractivity contribution >= 4 is 0 Å². The van der Waals surface area contributed by atoms with Crippen LogP contribution in [0.1, 0.15) is 29.7 Å². The van der Waals surface area contributed by atoms with Gasteiger partial charge in [-0.15, -0.1) is 0 Å². The lowest BCUT2D eigenvalue weighted by Gasteiger charge is -2.17. The van der Waals surface area contributed by atoms with Gasteiger partial charge in [0, 0.05) is 0 Å². The van der Waals surface area contributed by atoms with E-state index in [-0.39, 0.29) is 11.3 Å². The smallest absolute Gasteiger partial charge is 0.416 e. The Morgan fingerprint density at radius 1 is 1.09 bits per heavy atom. The molecule has 0 saturated carbocycles. The van der Waals surface area contributed by atoms with Crippen molar-refractivity contribution in [2.24, 2.45) is 0 Å². The Balaban J connectivity index is 2.22. The van der Waals surface area contributed by atoms with Gasteiger partial charge in [-0.1, -0.05) is 18.2 Å². The SMILES string of the molecule is CC(Oc1cccc(F)c1C#N)c1ccc(C(F)(F)F)cc1. The lowest BCUT2D eigenvalue weighted by atomic mass is 10.1. The average molecular weight is 309 g/mol. The molecule has 1 atom stereocenters. The van der Waals surface area contributed by atoms with Crippen molar-refractivity contribution in [3.05, 3.63) is 65.0 Å². The second-order valence-electron chi connectivity index (χ2n) is 4.60. The molecule has 2 aromatic carbocycles. The minimum atomic E-state index is -4.40. The summed E-state index contributed by atoms with van der Waals surface area (Å²) in [6.07, 6.45) is -5.03. The van der Waals surface area contributed by atoms with Crippen LogP contribution < -0.4 is 4.74 Å². The van der Waals surface area contributed by atoms with E-state index in [4.69, 9.17) is 10.00 Å². The molecular weight excluding hydrogens is 298 g/mol. The van der Waals surface area contributed by atoms with Crippen LogP contribution in [-0.2, 0) is 6.18 Å². The van der Waals surface area contributed by atoms with E-state index in [1.54, 1.807) is 13.0 Å². The van der Waals surface area contributed by atoms with Crippen LogP contribution >= 0.6 is 0 Å². The molecule has 0 N–H and O–H groups in total. The number of alkyl halides is 3. The summed E-state index contributed by atoms with van der Waals surface area (Å²) < 4.78 is 56.5. The molecule has 0 radical (unpaired) electrons. The fourth-order valence-electron chi connectivity index (χ4n) is 1.91. The summed E-state index contributed by atoms with van der Waals surface area (Å²) in [7, 11) is 0. The maximum Gasteiger partial charge on any atom is 0.416 e. The van der Waals surface area contributed by atoms with Crippen molar-refractivity contribution in [1.82, 2.24) is 0 Å². The molecule has 2 rings (SSSR count). The van der Waals surface area contributed by atoms with E-state index in [2.05, 4.69) is 0 Å². The predicted molar refractivity (Wildman–Crippen MR) is 71.6 cm³/mol. The van der Waals surface area contributed by atoms with Gasteiger partial charge < -0.3 is 4.74 Å². The van der Waals surface area contributed by atoms with Gasteiger partial charge in [0.1, 0.15) is 29.3 Å². The van der Waals surface area contributed by atoms with Crippen molar-refractivity contribution in [3.63, 3.8) is 0 Å². The second-order valence-corrected chi connectivity index (χ2v) is 4.60. The van der Waals surface area contributed by atoms with Crippen LogP contribution in [-0.4, -0.2) is 0 Å². The highest BCUT2D eigenvalue weighted by Crippen LogP contribution is 2.31. The number of hydrogen-bond acceptors (Lipinski definition) is 2. The normalized spacial score (nSPS) is 12.5. The van der Waals surface area contributed by atoms with E-state index in [9.17, 15) is 17.6 Å². The topological polar surface area (TPSA) is 33.0 Å². The molecular formula is C16H11F4NO. The molecule has 1 unspecified atom stereocenters. The molecule has 0 saturated heterocycles. The molecule has 0 aliphatic rings. The molecule has 6 heteroatoms. The highest BCUT2D eigenvalue weighted by molar-refractivity contribution is 5.44. The summed E-state index contributed by atoms with van der Waals surface area (Å²) in [4.78, 5) is 0. The summed E-state index contributed by atoms with van der Waals surface area (Å²) in [5, 5.41) is 8.91. The molecule has 0 aliphatic heterocycles. The molecule has 0 aliphatic carbocycles. The summed E-state index contributed by atoms with van der Waals surface area (Å²) in [6.45, 7) is 1.61. The van der Waals surface area contributed by atoms with Gasteiger partial charge in [0.25, 0.3) is 0 Å². The highest BCUT2D eigenvalue weighted by atomic mass is 19.4. The third kappa shape index (κ3) is 3.37. The summed E-state index contributed by atoms with van der Waals surface area (Å²) >= 11 is 0. The molecule has 0 heterocycles. The minimum Gasteiger partial charge on any atom is -0.485 e. The van der Waals surface area contributed by atoms with Crippen molar-refractivity contribution < 1.29 is 22.3 Å². The number of hydrogen-bond donors (Lipinski definition) is 0. The standard InChI is InChI=1S/C16H11F4NO/c1-10(11-5-7-12(8-6-11)16(18,19)20)22-15-4-2-3-14(17)13(15)9-21/h2-8,10H,1H3. The lowest BCUT2D eigenvalue weighted by molar-refractivity contribution is -0.137. The first-order chi connectivity index (χ1) is 10.3. The largest absolute Gasteiger partial charge is 0.485 e. The van der Waals surface area contributed by atoms with Crippen LogP contribution in [0, 0.1) is 17.1 Å². The van der Waals surface area contributed by atoms with Crippen LogP contribution in [0.4, 0.5) is 17.6 Å². The van der Waals surface area contributed by atoms with Gasteiger partial charge in [0.2, 0.25) is 0 Å². The molecule has 0 spiro atoms. The monoisotopic (exact) mass is 309 g/mol. The van der Waals surface area contributed by atoms with Gasteiger partial charge in [0.05, 0.1) is 5.56 Å². The van der Waals surface area contributed by atoms with E-state index in [0.717, 1.165) is 18.2 Å². The quantitative estimate of drug-likeness (QED) is 0.759. The summed E-state index contributed by atoms with van der Waals surface area (Å²) in [6, 6.07) is 10.1. The van der Waals surface area contributed by atoms with E-state index < -0.39 is 23.7 Å². The van der Waals surface area contributed by atoms with Gasteiger partial charge in [-0.2, -0.15) is 18.4 Å². The molecule has 2 nitrogen and oxygen atoms in total. The van der Waals surface area contributed by atoms with E-state index in [1.807, 2.05) is 0 Å². The molecule has 0 fully saturated rings. The van der Waals surface area contributed by atoms with Crippen LogP contribution in [0.15, 0.2) is 42.5 Å².